The topological polar surface area (TPSA) is 119 Å². The van der Waals surface area contributed by atoms with Gasteiger partial charge in [-0.25, -0.2) is 13.1 Å². The third-order valence-corrected chi connectivity index (χ3v) is 14.6. The molecule has 0 unspecified atom stereocenters. The summed E-state index contributed by atoms with van der Waals surface area (Å²) in [6.07, 6.45) is 13.3. The van der Waals surface area contributed by atoms with Crippen LogP contribution in [0.3, 0.4) is 0 Å². The number of carbonyl (C=O) groups is 2. The van der Waals surface area contributed by atoms with Crippen molar-refractivity contribution in [1.29, 1.82) is 0 Å². The molecule has 5 heterocycles. The third kappa shape index (κ3) is 6.39. The van der Waals surface area contributed by atoms with Crippen LogP contribution in [-0.2, 0) is 23.1 Å². The largest absolute Gasteiger partial charge is 0.497 e. The molecular weight excluding hydrogens is 713 g/mol. The Kier molecular flexibility index (Phi) is 9.19. The van der Waals surface area contributed by atoms with Gasteiger partial charge in [0.15, 0.2) is 0 Å². The first-order valence-corrected chi connectivity index (χ1v) is 21.8. The van der Waals surface area contributed by atoms with E-state index in [4.69, 9.17) is 9.84 Å². The van der Waals surface area contributed by atoms with E-state index in [9.17, 15) is 18.0 Å². The van der Waals surface area contributed by atoms with Gasteiger partial charge in [0.2, 0.25) is 10.0 Å². The number of amides is 2. The van der Waals surface area contributed by atoms with E-state index in [1.54, 1.807) is 33.2 Å². The van der Waals surface area contributed by atoms with Crippen molar-refractivity contribution in [3.8, 4) is 17.0 Å². The molecule has 290 valence electrons. The number of hydrogen-bond donors (Lipinski definition) is 1. The number of piperazine rings is 1. The van der Waals surface area contributed by atoms with Gasteiger partial charge < -0.3 is 14.2 Å². The van der Waals surface area contributed by atoms with Crippen LogP contribution in [0.4, 0.5) is 0 Å². The van der Waals surface area contributed by atoms with E-state index >= 15 is 0 Å². The number of carbonyl (C=O) groups excluding carboxylic acids is 2. The van der Waals surface area contributed by atoms with E-state index in [1.807, 2.05) is 22.9 Å². The van der Waals surface area contributed by atoms with Crippen LogP contribution >= 0.6 is 0 Å². The van der Waals surface area contributed by atoms with Gasteiger partial charge in [-0.2, -0.15) is 5.10 Å². The minimum atomic E-state index is -3.83. The monoisotopic (exact) mass is 764 g/mol. The lowest BCUT2D eigenvalue weighted by atomic mass is 9.81. The second-order valence-electron chi connectivity index (χ2n) is 16.7. The second-order valence-corrected chi connectivity index (χ2v) is 18.9. The number of nitrogens with one attached hydrogen (secondary N) is 1. The highest BCUT2D eigenvalue weighted by molar-refractivity contribution is 7.90. The fourth-order valence-corrected chi connectivity index (χ4v) is 10.4. The molecule has 55 heavy (non-hydrogen) atoms. The number of methoxy groups -OCH3 is 1. The van der Waals surface area contributed by atoms with Crippen molar-refractivity contribution in [2.75, 3.05) is 26.7 Å². The zero-order valence-corrected chi connectivity index (χ0v) is 33.2. The summed E-state index contributed by atoms with van der Waals surface area (Å²) >= 11 is 0. The average molecular weight is 765 g/mol. The third-order valence-electron chi connectivity index (χ3n) is 12.9. The van der Waals surface area contributed by atoms with Gasteiger partial charge in [-0.15, -0.1) is 0 Å². The van der Waals surface area contributed by atoms with Crippen molar-refractivity contribution in [3.05, 3.63) is 70.5 Å². The molecule has 4 aromatic rings. The number of allylic oxidation sites excluding steroid dienone is 1. The first-order valence-electron chi connectivity index (χ1n) is 20.3. The number of hydrogen-bond acceptors (Lipinski definition) is 7. The maximum atomic E-state index is 14.7. The van der Waals surface area contributed by atoms with E-state index in [0.29, 0.717) is 30.6 Å². The minimum absolute atomic E-state index is 0.0371. The summed E-state index contributed by atoms with van der Waals surface area (Å²) in [6, 6.07) is 12.4. The lowest BCUT2D eigenvalue weighted by molar-refractivity contribution is 0.0619. The molecule has 2 atom stereocenters. The first kappa shape index (κ1) is 36.2. The zero-order chi connectivity index (χ0) is 38.2. The highest BCUT2D eigenvalue weighted by Gasteiger charge is 2.47. The number of sulfonamides is 1. The fraction of sp³-hybridized carbons (Fsp3) is 0.512. The van der Waals surface area contributed by atoms with Gasteiger partial charge in [0.1, 0.15) is 5.75 Å². The van der Waals surface area contributed by atoms with E-state index in [0.717, 1.165) is 102 Å². The Morgan fingerprint density at radius 1 is 0.982 bits per heavy atom. The Morgan fingerprint density at radius 3 is 2.47 bits per heavy atom. The molecule has 2 aromatic carbocycles. The van der Waals surface area contributed by atoms with Crippen LogP contribution in [-0.4, -0.2) is 88.5 Å². The molecule has 3 aliphatic heterocycles. The molecule has 5 aliphatic rings. The Morgan fingerprint density at radius 2 is 1.78 bits per heavy atom. The second kappa shape index (κ2) is 14.0. The van der Waals surface area contributed by atoms with Crippen molar-refractivity contribution in [1.82, 2.24) is 28.9 Å². The van der Waals surface area contributed by atoms with E-state index in [2.05, 4.69) is 44.2 Å². The van der Waals surface area contributed by atoms with Crippen molar-refractivity contribution in [2.45, 2.75) is 108 Å². The van der Waals surface area contributed by atoms with E-state index < -0.39 is 21.2 Å². The van der Waals surface area contributed by atoms with Crippen molar-refractivity contribution in [3.63, 3.8) is 0 Å². The van der Waals surface area contributed by atoms with Gasteiger partial charge in [0, 0.05) is 60.3 Å². The normalized spacial score (nSPS) is 21.5. The quantitative estimate of drug-likeness (QED) is 0.187. The van der Waals surface area contributed by atoms with Crippen LogP contribution in [0.2, 0.25) is 0 Å². The van der Waals surface area contributed by atoms with Crippen LogP contribution < -0.4 is 9.46 Å². The molecule has 2 aromatic heterocycles. The van der Waals surface area contributed by atoms with Gasteiger partial charge in [0.05, 0.1) is 42.1 Å². The molecule has 2 saturated carbocycles. The van der Waals surface area contributed by atoms with Crippen molar-refractivity contribution in [2.24, 2.45) is 5.92 Å². The molecule has 2 bridgehead atoms. The van der Waals surface area contributed by atoms with Crippen LogP contribution in [0.1, 0.15) is 116 Å². The lowest BCUT2D eigenvalue weighted by Gasteiger charge is -2.34. The number of likely N-dealkylation sites (tertiary alicyclic amines) is 2. The molecule has 4 fully saturated rings. The van der Waals surface area contributed by atoms with Gasteiger partial charge >= 0.3 is 0 Å². The number of aryl methyl sites for hydroxylation is 1. The van der Waals surface area contributed by atoms with Crippen LogP contribution in [0, 0.1) is 5.92 Å². The number of benzene rings is 2. The van der Waals surface area contributed by atoms with Crippen molar-refractivity contribution >= 4 is 44.4 Å². The average Bonchev–Trinajstić information content (AvgIpc) is 3.47. The van der Waals surface area contributed by atoms with Crippen LogP contribution in [0.5, 0.6) is 5.75 Å². The molecule has 9 rings (SSSR count). The maximum Gasteiger partial charge on any atom is 0.264 e. The summed E-state index contributed by atoms with van der Waals surface area (Å²) in [5.74, 6) is 1.29. The molecule has 12 heteroatoms. The Balaban J connectivity index is 1.18. The highest BCUT2D eigenvalue weighted by Crippen LogP contribution is 2.48. The molecule has 0 radical (unpaired) electrons. The standard InChI is InChI=1S/C43H52N6O5S/c1-5-49-40(37(21-44-49)43(51)47-25-32-20-33(47)24-46(32)22-27-11-12-27)31-17-30-18-34(54-4)14-16-35(30)41-39(28-9-7-6-8-10-28)36-15-13-29(19-38(36)48(41)23-31)42(50)45-55(52,53)26(2)3/h13-19,21,26-28,32-33H,5-12,20,22-25H2,1-4H3,(H,45,50)/t32-,33-/m1/s1. The van der Waals surface area contributed by atoms with Gasteiger partial charge in [0.25, 0.3) is 11.8 Å². The fourth-order valence-electron chi connectivity index (χ4n) is 9.76. The van der Waals surface area contributed by atoms with Gasteiger partial charge in [-0.05, 0) is 118 Å². The molecule has 11 nitrogen and oxygen atoms in total. The van der Waals surface area contributed by atoms with Gasteiger partial charge in [-0.1, -0.05) is 25.3 Å². The number of fused-ring (bicyclic) bond motifs is 7. The summed E-state index contributed by atoms with van der Waals surface area (Å²) in [7, 11) is -2.15. The number of ether oxygens (including phenoxy) is 1. The molecule has 0 spiro atoms. The first-order chi connectivity index (χ1) is 26.5. The minimum Gasteiger partial charge on any atom is -0.497 e. The lowest BCUT2D eigenvalue weighted by Crippen LogP contribution is -2.49. The molecule has 2 aliphatic carbocycles. The molecular formula is C43H52N6O5S. The Labute approximate surface area is 323 Å². The molecule has 2 amide bonds. The Bertz CT molecular complexity index is 2330. The van der Waals surface area contributed by atoms with E-state index in [1.165, 1.54) is 24.8 Å². The SMILES string of the molecule is CCn1ncc(C(=O)N2C[C@H]3C[C@@H]2CN3CC2CC2)c1C1=Cc2cc(OC)ccc2-c2c(C3CCCCC3)c3ccc(C(=O)NS(=O)(=O)C(C)C)cc3n2C1. The summed E-state index contributed by atoms with van der Waals surface area (Å²) < 4.78 is 37.9. The summed E-state index contributed by atoms with van der Waals surface area (Å²) in [5.41, 5.74) is 7.93. The summed E-state index contributed by atoms with van der Waals surface area (Å²) in [5, 5.41) is 5.12. The smallest absolute Gasteiger partial charge is 0.264 e. The molecule has 1 N–H and O–H groups in total. The highest BCUT2D eigenvalue weighted by atomic mass is 32.2. The zero-order valence-electron chi connectivity index (χ0n) is 32.4. The van der Waals surface area contributed by atoms with Crippen LogP contribution in [0.15, 0.2) is 42.6 Å². The van der Waals surface area contributed by atoms with E-state index in [-0.39, 0.29) is 17.5 Å². The van der Waals surface area contributed by atoms with Crippen LogP contribution in [0.25, 0.3) is 33.8 Å². The molecule has 2 saturated heterocycles. The van der Waals surface area contributed by atoms with Crippen molar-refractivity contribution < 1.29 is 22.7 Å². The number of rotatable bonds is 10. The number of aromatic nitrogens is 3. The predicted molar refractivity (Wildman–Crippen MR) is 215 cm³/mol. The van der Waals surface area contributed by atoms with Gasteiger partial charge in [-0.3, -0.25) is 19.2 Å². The summed E-state index contributed by atoms with van der Waals surface area (Å²) in [4.78, 5) is 32.9. The number of nitrogens with zero attached hydrogens (tertiary/aromatic N) is 5. The Hall–Kier alpha value is -4.42. The summed E-state index contributed by atoms with van der Waals surface area (Å²) in [6.45, 7) is 9.04. The predicted octanol–water partition coefficient (Wildman–Crippen LogP) is 6.91. The maximum absolute atomic E-state index is 14.7.